The Bertz CT molecular complexity index is 327. The molecule has 0 spiro atoms. The van der Waals surface area contributed by atoms with Crippen LogP contribution >= 0.6 is 0 Å². The minimum Gasteiger partial charge on any atom is -0.399 e. The number of anilines is 2. The van der Waals surface area contributed by atoms with Crippen LogP contribution in [0.4, 0.5) is 11.4 Å². The molecular weight excluding hydrogens is 152 g/mol. The summed E-state index contributed by atoms with van der Waals surface area (Å²) >= 11 is 0. The smallest absolute Gasteiger partial charge is 0.320 e. The van der Waals surface area contributed by atoms with Crippen LogP contribution in [0.3, 0.4) is 0 Å². The van der Waals surface area contributed by atoms with Crippen molar-refractivity contribution in [2.75, 3.05) is 10.9 Å². The van der Waals surface area contributed by atoms with Crippen molar-refractivity contribution in [3.8, 4) is 13.1 Å². The molecule has 0 amide bonds. The molecule has 1 aromatic rings. The van der Waals surface area contributed by atoms with E-state index >= 15 is 0 Å². The van der Waals surface area contributed by atoms with E-state index in [9.17, 15) is 0 Å². The van der Waals surface area contributed by atoms with Crippen molar-refractivity contribution < 1.29 is 0 Å². The molecule has 58 valence electrons. The van der Waals surface area contributed by atoms with E-state index in [0.29, 0.717) is 11.4 Å². The summed E-state index contributed by atoms with van der Waals surface area (Å²) in [6, 6.07) is 6.83. The number of nitrogens with two attached hydrogens (primary N) is 1. The van der Waals surface area contributed by atoms with Crippen molar-refractivity contribution in [2.24, 2.45) is 0 Å². The number of hydrogen-bond donors (Lipinski definition) is 1. The molecule has 1 aromatic carbocycles. The van der Waals surface area contributed by atoms with Gasteiger partial charge in [-0.1, -0.05) is 0 Å². The van der Waals surface area contributed by atoms with Crippen LogP contribution < -0.4 is 10.9 Å². The van der Waals surface area contributed by atoms with Crippen molar-refractivity contribution in [1.82, 2.24) is 0 Å². The van der Waals surface area contributed by atoms with Crippen LogP contribution in [-0.2, 0) is 0 Å². The molecule has 4 heteroatoms. The summed E-state index contributed by atoms with van der Waals surface area (Å²) in [5.74, 6) is 0. The van der Waals surface area contributed by atoms with Crippen molar-refractivity contribution in [3.63, 3.8) is 0 Å². The third-order valence-corrected chi connectivity index (χ3v) is 1.34. The van der Waals surface area contributed by atoms with Crippen molar-refractivity contribution in [1.29, 1.82) is 0 Å². The first-order valence-corrected chi connectivity index (χ1v) is 3.25. The van der Waals surface area contributed by atoms with Gasteiger partial charge in [0.05, 0.1) is 0 Å². The average molecular weight is 160 g/mol. The fourth-order valence-electron chi connectivity index (χ4n) is 0.771. The van der Waals surface area contributed by atoms with E-state index in [1.165, 1.54) is 0 Å². The normalized spacial score (nSPS) is 8.17. The first-order chi connectivity index (χ1) is 5.77. The zero-order valence-electron chi connectivity index (χ0n) is 6.38. The maximum Gasteiger partial charge on any atom is 0.320 e. The lowest BCUT2D eigenvalue weighted by atomic mass is 10.3. The van der Waals surface area contributed by atoms with Gasteiger partial charge >= 0.3 is 18.3 Å². The first kappa shape index (κ1) is 7.90. The predicted molar refractivity (Wildman–Crippen MR) is 49.9 cm³/mol. The van der Waals surface area contributed by atoms with Crippen LogP contribution in [0.15, 0.2) is 24.3 Å². The fraction of sp³-hybridized carbons (Fsp3) is 0. The summed E-state index contributed by atoms with van der Waals surface area (Å²) in [6.07, 6.45) is 0. The topological polar surface area (TPSA) is 38.0 Å². The van der Waals surface area contributed by atoms with Gasteiger partial charge in [0, 0.05) is 5.69 Å². The lowest BCUT2D eigenvalue weighted by Crippen LogP contribution is -2.00. The van der Waals surface area contributed by atoms with Gasteiger partial charge in [0.15, 0.2) is 9.91 Å². The highest BCUT2D eigenvalue weighted by Gasteiger charge is 2.20. The van der Waals surface area contributed by atoms with Gasteiger partial charge in [-0.05, 0) is 24.3 Å². The Balaban J connectivity index is 2.99. The lowest BCUT2D eigenvalue weighted by Gasteiger charge is -1.90. The highest BCUT2D eigenvalue weighted by molar-refractivity contribution is 5.54. The Hall–Kier alpha value is -2.20. The lowest BCUT2D eigenvalue weighted by molar-refractivity contribution is 1.28. The molecule has 0 aromatic heterocycles. The summed E-state index contributed by atoms with van der Waals surface area (Å²) in [5.41, 5.74) is 6.79. The van der Waals surface area contributed by atoms with Gasteiger partial charge in [-0.25, -0.2) is 0 Å². The second-order valence-electron chi connectivity index (χ2n) is 2.11. The van der Waals surface area contributed by atoms with Crippen LogP contribution in [0, 0.1) is 13.1 Å². The quantitative estimate of drug-likeness (QED) is 0.502. The standard InChI is InChI=1S/C8H8N4/c1-10-12(11-2)8-5-3-7(9)4-6-8/h1-6H,9H2/q+2. The van der Waals surface area contributed by atoms with E-state index in [-0.39, 0.29) is 0 Å². The Morgan fingerprint density at radius 1 is 1.08 bits per heavy atom. The van der Waals surface area contributed by atoms with E-state index in [1.807, 2.05) is 0 Å². The average Bonchev–Trinajstić information content (AvgIpc) is 2.10. The molecule has 0 bridgehead atoms. The molecule has 0 atom stereocenters. The molecule has 0 aliphatic rings. The van der Waals surface area contributed by atoms with Gasteiger partial charge in [0.1, 0.15) is 0 Å². The molecule has 12 heavy (non-hydrogen) atoms. The molecule has 0 saturated heterocycles. The van der Waals surface area contributed by atoms with Crippen LogP contribution in [0.2, 0.25) is 0 Å². The van der Waals surface area contributed by atoms with Gasteiger partial charge in [0.2, 0.25) is 5.69 Å². The molecule has 0 aliphatic heterocycles. The van der Waals surface area contributed by atoms with Gasteiger partial charge in [-0.15, -0.1) is 0 Å². The molecule has 0 heterocycles. The number of nitrogen functional groups attached to an aromatic ring is 1. The van der Waals surface area contributed by atoms with Crippen molar-refractivity contribution in [2.45, 2.75) is 0 Å². The molecule has 4 nitrogen and oxygen atoms in total. The number of hydrogen-bond acceptors (Lipinski definition) is 2. The summed E-state index contributed by atoms with van der Waals surface area (Å²) < 4.78 is 0. The van der Waals surface area contributed by atoms with E-state index in [0.717, 1.165) is 5.12 Å². The van der Waals surface area contributed by atoms with Crippen LogP contribution in [0.1, 0.15) is 0 Å². The molecule has 0 fully saturated rings. The van der Waals surface area contributed by atoms with E-state index < -0.39 is 0 Å². The maximum atomic E-state index is 5.47. The third-order valence-electron chi connectivity index (χ3n) is 1.34. The number of rotatable bonds is 1. The van der Waals surface area contributed by atoms with Crippen LogP contribution in [-0.4, -0.2) is 0 Å². The van der Waals surface area contributed by atoms with Gasteiger partial charge < -0.3 is 5.73 Å². The molecule has 0 saturated carbocycles. The number of benzene rings is 1. The summed E-state index contributed by atoms with van der Waals surface area (Å²) in [7, 11) is 0. The van der Waals surface area contributed by atoms with Gasteiger partial charge in [0.25, 0.3) is 0 Å². The molecule has 1 rings (SSSR count). The Morgan fingerprint density at radius 2 is 1.58 bits per heavy atom. The molecule has 2 N–H and O–H groups in total. The molecular formula is C8H8N4+2. The fourth-order valence-corrected chi connectivity index (χ4v) is 0.771. The van der Waals surface area contributed by atoms with Crippen molar-refractivity contribution >= 4 is 11.4 Å². The van der Waals surface area contributed by atoms with E-state index in [2.05, 4.69) is 9.91 Å². The third kappa shape index (κ3) is 1.44. The summed E-state index contributed by atoms with van der Waals surface area (Å²) in [5, 5.41) is 1.10. The molecule has 0 aliphatic carbocycles. The monoisotopic (exact) mass is 160 g/mol. The summed E-state index contributed by atoms with van der Waals surface area (Å²) in [4.78, 5) is 6.61. The van der Waals surface area contributed by atoms with Gasteiger partial charge in [-0.2, -0.15) is 0 Å². The first-order valence-electron chi connectivity index (χ1n) is 3.25. The SMILES string of the molecule is C#[N+]N([N+]#C)c1ccc(N)cc1. The highest BCUT2D eigenvalue weighted by Crippen LogP contribution is 2.16. The minimum absolute atomic E-state index is 0.660. The molecule has 0 radical (unpaired) electrons. The van der Waals surface area contributed by atoms with E-state index in [1.54, 1.807) is 24.3 Å². The Kier molecular flexibility index (Phi) is 2.15. The number of nitrogens with zero attached hydrogens (tertiary/aromatic N) is 3. The van der Waals surface area contributed by atoms with Crippen LogP contribution in [0.25, 0.3) is 9.91 Å². The highest BCUT2D eigenvalue weighted by atomic mass is 15.6. The van der Waals surface area contributed by atoms with Crippen LogP contribution in [0.5, 0.6) is 0 Å². The zero-order chi connectivity index (χ0) is 8.97. The maximum absolute atomic E-state index is 5.47. The second-order valence-corrected chi connectivity index (χ2v) is 2.11. The van der Waals surface area contributed by atoms with Gasteiger partial charge in [-0.3, -0.25) is 0 Å². The zero-order valence-corrected chi connectivity index (χ0v) is 6.38. The predicted octanol–water partition coefficient (Wildman–Crippen LogP) is 1.83. The van der Waals surface area contributed by atoms with Crippen molar-refractivity contribution in [3.05, 3.63) is 34.2 Å². The Labute approximate surface area is 70.4 Å². The largest absolute Gasteiger partial charge is 0.399 e. The summed E-state index contributed by atoms with van der Waals surface area (Å²) in [6.45, 7) is 10.00. The molecule has 0 unspecified atom stereocenters. The second kappa shape index (κ2) is 3.27. The van der Waals surface area contributed by atoms with E-state index in [4.69, 9.17) is 18.9 Å². The Morgan fingerprint density at radius 3 is 2.00 bits per heavy atom. The minimum atomic E-state index is 0.660.